The Morgan fingerprint density at radius 2 is 1.56 bits per heavy atom. The Bertz CT molecular complexity index is 2210. The van der Waals surface area contributed by atoms with Crippen LogP contribution in [0.3, 0.4) is 0 Å². The zero-order chi connectivity index (χ0) is 36.3. The Balaban J connectivity index is 1.09. The summed E-state index contributed by atoms with van der Waals surface area (Å²) in [5.41, 5.74) is 4.03. The van der Waals surface area contributed by atoms with Crippen LogP contribution in [0.5, 0.6) is 5.75 Å². The van der Waals surface area contributed by atoms with Crippen molar-refractivity contribution in [1.29, 1.82) is 0 Å². The first-order valence-corrected chi connectivity index (χ1v) is 18.5. The van der Waals surface area contributed by atoms with E-state index in [9.17, 15) is 14.4 Å². The molecule has 260 valence electrons. The Morgan fingerprint density at radius 3 is 2.31 bits per heavy atom. The molecule has 3 amide bonds. The number of ether oxygens (including phenoxy) is 1. The predicted molar refractivity (Wildman–Crippen MR) is 211 cm³/mol. The van der Waals surface area contributed by atoms with Gasteiger partial charge in [-0.25, -0.2) is 4.98 Å². The van der Waals surface area contributed by atoms with Crippen molar-refractivity contribution in [3.8, 4) is 17.0 Å². The molecule has 0 saturated heterocycles. The first-order chi connectivity index (χ1) is 25.3. The number of carbonyl (C=O) groups excluding carboxylic acids is 3. The van der Waals surface area contributed by atoms with Crippen LogP contribution in [-0.2, 0) is 16.2 Å². The van der Waals surface area contributed by atoms with Crippen LogP contribution in [0.2, 0.25) is 10.0 Å². The quantitative estimate of drug-likeness (QED) is 0.0798. The van der Waals surface area contributed by atoms with Crippen molar-refractivity contribution < 1.29 is 19.1 Å². The van der Waals surface area contributed by atoms with E-state index in [1.165, 1.54) is 23.1 Å². The Morgan fingerprint density at radius 1 is 0.808 bits per heavy atom. The van der Waals surface area contributed by atoms with E-state index in [-0.39, 0.29) is 17.4 Å². The highest BCUT2D eigenvalue weighted by Gasteiger charge is 2.16. The van der Waals surface area contributed by atoms with Crippen molar-refractivity contribution in [3.63, 3.8) is 0 Å². The molecule has 52 heavy (non-hydrogen) atoms. The van der Waals surface area contributed by atoms with Crippen LogP contribution in [0.4, 0.5) is 10.8 Å². The molecule has 1 heterocycles. The summed E-state index contributed by atoms with van der Waals surface area (Å²) < 4.78 is 5.89. The zero-order valence-electron chi connectivity index (χ0n) is 27.3. The van der Waals surface area contributed by atoms with Crippen LogP contribution in [0.25, 0.3) is 17.3 Å². The summed E-state index contributed by atoms with van der Waals surface area (Å²) in [5, 5.41) is 11.7. The molecule has 0 bridgehead atoms. The molecule has 5 aromatic carbocycles. The van der Waals surface area contributed by atoms with Crippen molar-refractivity contribution in [1.82, 2.24) is 10.3 Å². The average molecular weight is 766 g/mol. The zero-order valence-corrected chi connectivity index (χ0v) is 30.5. The van der Waals surface area contributed by atoms with E-state index in [2.05, 4.69) is 20.9 Å². The number of carbonyl (C=O) groups is 3. The molecular weight excluding hydrogens is 736 g/mol. The lowest BCUT2D eigenvalue weighted by atomic mass is 10.1. The van der Waals surface area contributed by atoms with Crippen molar-refractivity contribution in [2.45, 2.75) is 11.5 Å². The van der Waals surface area contributed by atoms with Gasteiger partial charge in [-0.2, -0.15) is 0 Å². The first-order valence-electron chi connectivity index (χ1n) is 15.9. The Hall–Kier alpha value is -5.39. The van der Waals surface area contributed by atoms with Crippen molar-refractivity contribution in [2.24, 2.45) is 0 Å². The van der Waals surface area contributed by atoms with Gasteiger partial charge in [-0.15, -0.1) is 23.1 Å². The number of amides is 3. The third-order valence-electron chi connectivity index (χ3n) is 7.39. The van der Waals surface area contributed by atoms with Gasteiger partial charge < -0.3 is 20.7 Å². The molecule has 0 unspecified atom stereocenters. The molecule has 1 aromatic heterocycles. The Kier molecular flexibility index (Phi) is 12.4. The molecule has 0 saturated carbocycles. The topological polar surface area (TPSA) is 109 Å². The summed E-state index contributed by atoms with van der Waals surface area (Å²) >= 11 is 14.9. The molecule has 0 aliphatic heterocycles. The summed E-state index contributed by atoms with van der Waals surface area (Å²) in [7, 11) is 0. The van der Waals surface area contributed by atoms with Crippen molar-refractivity contribution in [2.75, 3.05) is 16.4 Å². The molecule has 6 aromatic rings. The fraction of sp³-hybridized carbons (Fsp3) is 0.0500. The number of hydrogen-bond donors (Lipinski definition) is 3. The number of thiazole rings is 1. The van der Waals surface area contributed by atoms with Gasteiger partial charge in [0.1, 0.15) is 18.1 Å². The molecule has 0 spiro atoms. The average Bonchev–Trinajstić information content (AvgIpc) is 3.62. The maximum absolute atomic E-state index is 13.6. The summed E-state index contributed by atoms with van der Waals surface area (Å²) in [6, 6.07) is 38.0. The van der Waals surface area contributed by atoms with Crippen LogP contribution in [0, 0.1) is 0 Å². The molecule has 8 nitrogen and oxygen atoms in total. The van der Waals surface area contributed by atoms with Gasteiger partial charge in [0.25, 0.3) is 11.8 Å². The van der Waals surface area contributed by atoms with E-state index in [4.69, 9.17) is 27.9 Å². The van der Waals surface area contributed by atoms with E-state index >= 15 is 0 Å². The number of rotatable bonds is 13. The van der Waals surface area contributed by atoms with E-state index < -0.39 is 11.8 Å². The lowest BCUT2D eigenvalue weighted by Gasteiger charge is -2.12. The highest BCUT2D eigenvalue weighted by Crippen LogP contribution is 2.32. The molecular formula is C40H30Cl2N4O4S2. The van der Waals surface area contributed by atoms with Crippen molar-refractivity contribution >= 4 is 80.9 Å². The van der Waals surface area contributed by atoms with Gasteiger partial charge in [0.2, 0.25) is 5.91 Å². The molecule has 0 atom stereocenters. The predicted octanol–water partition coefficient (Wildman–Crippen LogP) is 9.84. The number of nitrogens with zero attached hydrogens (tertiary/aromatic N) is 1. The largest absolute Gasteiger partial charge is 0.489 e. The molecule has 12 heteroatoms. The summed E-state index contributed by atoms with van der Waals surface area (Å²) in [5.74, 6) is -0.412. The monoisotopic (exact) mass is 764 g/mol. The maximum atomic E-state index is 13.6. The highest BCUT2D eigenvalue weighted by atomic mass is 35.5. The first kappa shape index (κ1) is 36.4. The number of nitrogens with one attached hydrogen (secondary N) is 3. The molecule has 6 rings (SSSR count). The van der Waals surface area contributed by atoms with Gasteiger partial charge in [-0.1, -0.05) is 89.9 Å². The van der Waals surface area contributed by atoms with Gasteiger partial charge in [0, 0.05) is 32.1 Å². The summed E-state index contributed by atoms with van der Waals surface area (Å²) in [6.45, 7) is 0.423. The fourth-order valence-electron chi connectivity index (χ4n) is 4.83. The van der Waals surface area contributed by atoms with Gasteiger partial charge >= 0.3 is 0 Å². The number of halogens is 2. The minimum Gasteiger partial charge on any atom is -0.489 e. The third kappa shape index (κ3) is 10.3. The van der Waals surface area contributed by atoms with Crippen LogP contribution in [0.15, 0.2) is 143 Å². The van der Waals surface area contributed by atoms with Crippen LogP contribution < -0.4 is 20.7 Å². The fourth-order valence-corrected chi connectivity index (χ4v) is 6.82. The van der Waals surface area contributed by atoms with E-state index in [0.717, 1.165) is 16.0 Å². The van der Waals surface area contributed by atoms with E-state index in [1.54, 1.807) is 66.7 Å². The second-order valence-electron chi connectivity index (χ2n) is 11.2. The SMILES string of the molecule is O=C(CSc1cccc(NC(=O)/C(=C/c2ccc(OCc3ccccc3)cc2)NC(=O)c2ccccc2)c1)Nc1nc(-c2ccc(Cl)cc2Cl)cs1. The number of anilines is 2. The highest BCUT2D eigenvalue weighted by molar-refractivity contribution is 8.00. The standard InChI is InChI=1S/C40H30Cl2N4O4S2/c41-29-16-19-33(34(42)21-29)36-24-52-40(45-36)46-37(47)25-51-32-13-7-12-30(22-32)43-39(49)35(44-38(48)28-10-5-2-6-11-28)20-26-14-17-31(18-15-26)50-23-27-8-3-1-4-9-27/h1-22,24H,23,25H2,(H,43,49)(H,44,48)(H,45,46,47)/b35-20-. The van der Waals surface area contributed by atoms with Crippen LogP contribution in [-0.4, -0.2) is 28.5 Å². The normalized spacial score (nSPS) is 11.1. The van der Waals surface area contributed by atoms with Gasteiger partial charge in [0.15, 0.2) is 5.13 Å². The lowest BCUT2D eigenvalue weighted by molar-refractivity contribution is -0.114. The third-order valence-corrected chi connectivity index (χ3v) is 9.69. The van der Waals surface area contributed by atoms with E-state index in [1.807, 2.05) is 72.1 Å². The minimum atomic E-state index is -0.519. The molecule has 0 radical (unpaired) electrons. The minimum absolute atomic E-state index is 0.0481. The molecule has 0 fully saturated rings. The lowest BCUT2D eigenvalue weighted by Crippen LogP contribution is -2.30. The van der Waals surface area contributed by atoms with E-state index in [0.29, 0.717) is 50.0 Å². The number of hydrogen-bond acceptors (Lipinski definition) is 7. The smallest absolute Gasteiger partial charge is 0.272 e. The van der Waals surface area contributed by atoms with Crippen molar-refractivity contribution in [3.05, 3.63) is 165 Å². The number of aromatic nitrogens is 1. The van der Waals surface area contributed by atoms with Gasteiger partial charge in [0.05, 0.1) is 16.5 Å². The van der Waals surface area contributed by atoms with Gasteiger partial charge in [-0.3, -0.25) is 14.4 Å². The Labute approximate surface area is 318 Å². The number of thioether (sulfide) groups is 1. The van der Waals surface area contributed by atoms with Gasteiger partial charge in [-0.05, 0) is 77.9 Å². The molecule has 0 aliphatic rings. The second-order valence-corrected chi connectivity index (χ2v) is 14.0. The van der Waals surface area contributed by atoms with Crippen LogP contribution >= 0.6 is 46.3 Å². The summed E-state index contributed by atoms with van der Waals surface area (Å²) in [4.78, 5) is 44.7. The maximum Gasteiger partial charge on any atom is 0.272 e. The molecule has 3 N–H and O–H groups in total. The number of benzene rings is 5. The summed E-state index contributed by atoms with van der Waals surface area (Å²) in [6.07, 6.45) is 1.60. The second kappa shape index (κ2) is 17.7. The van der Waals surface area contributed by atoms with Crippen LogP contribution in [0.1, 0.15) is 21.5 Å². The molecule has 0 aliphatic carbocycles.